The van der Waals surface area contributed by atoms with E-state index in [1.54, 1.807) is 11.0 Å². The molecule has 0 spiro atoms. The number of fused-ring (bicyclic) bond motifs is 2. The number of anilines is 1. The molecule has 0 atom stereocenters. The fourth-order valence-electron chi connectivity index (χ4n) is 4.32. The van der Waals surface area contributed by atoms with E-state index in [2.05, 4.69) is 15.2 Å². The molecule has 8 nitrogen and oxygen atoms in total. The number of aromatic nitrogens is 1. The molecule has 0 aliphatic carbocycles. The first-order chi connectivity index (χ1) is 16.0. The Balaban J connectivity index is 1.39. The number of carbonyl (C=O) groups is 1. The van der Waals surface area contributed by atoms with E-state index in [-0.39, 0.29) is 24.9 Å². The second kappa shape index (κ2) is 9.15. The number of urea groups is 1. The van der Waals surface area contributed by atoms with Gasteiger partial charge in [-0.25, -0.2) is 4.79 Å². The SMILES string of the molecule is Cc1ccc(NC(=O)N(CCN2CCCC2)Cc2cc3cc4c(cc3[nH]c2=O)OCO4)cc1. The number of amides is 2. The summed E-state index contributed by atoms with van der Waals surface area (Å²) in [5.41, 5.74) is 2.86. The maximum Gasteiger partial charge on any atom is 0.322 e. The Morgan fingerprint density at radius 1 is 1.09 bits per heavy atom. The highest BCUT2D eigenvalue weighted by atomic mass is 16.7. The minimum absolute atomic E-state index is 0.173. The molecule has 5 rings (SSSR count). The Hall–Kier alpha value is -3.52. The monoisotopic (exact) mass is 448 g/mol. The van der Waals surface area contributed by atoms with Crippen molar-refractivity contribution in [1.82, 2.24) is 14.8 Å². The van der Waals surface area contributed by atoms with Crippen LogP contribution in [0.5, 0.6) is 11.5 Å². The number of nitrogens with one attached hydrogen (secondary N) is 2. The van der Waals surface area contributed by atoms with E-state index in [1.807, 2.05) is 43.3 Å². The number of hydrogen-bond acceptors (Lipinski definition) is 5. The van der Waals surface area contributed by atoms with Gasteiger partial charge in [0.25, 0.3) is 5.56 Å². The van der Waals surface area contributed by atoms with Crippen molar-refractivity contribution in [2.75, 3.05) is 38.3 Å². The molecule has 0 unspecified atom stereocenters. The molecule has 0 saturated carbocycles. The van der Waals surface area contributed by atoms with E-state index in [9.17, 15) is 9.59 Å². The topological polar surface area (TPSA) is 86.9 Å². The van der Waals surface area contributed by atoms with Gasteiger partial charge in [-0.1, -0.05) is 17.7 Å². The lowest BCUT2D eigenvalue weighted by molar-refractivity contribution is 0.174. The normalized spacial score (nSPS) is 15.2. The van der Waals surface area contributed by atoms with Gasteiger partial charge >= 0.3 is 6.03 Å². The van der Waals surface area contributed by atoms with E-state index in [0.29, 0.717) is 29.1 Å². The first-order valence-corrected chi connectivity index (χ1v) is 11.4. The quantitative estimate of drug-likeness (QED) is 0.601. The summed E-state index contributed by atoms with van der Waals surface area (Å²) in [6.07, 6.45) is 2.38. The second-order valence-corrected chi connectivity index (χ2v) is 8.68. The summed E-state index contributed by atoms with van der Waals surface area (Å²) in [5, 5.41) is 3.82. The van der Waals surface area contributed by atoms with Gasteiger partial charge in [0.15, 0.2) is 11.5 Å². The molecule has 2 aromatic carbocycles. The van der Waals surface area contributed by atoms with Gasteiger partial charge in [0.05, 0.1) is 12.1 Å². The summed E-state index contributed by atoms with van der Waals surface area (Å²) in [6.45, 7) is 5.82. The minimum atomic E-state index is -0.219. The molecule has 0 radical (unpaired) electrons. The number of H-pyrrole nitrogens is 1. The molecule has 3 aromatic rings. The smallest absolute Gasteiger partial charge is 0.322 e. The zero-order valence-electron chi connectivity index (χ0n) is 18.7. The fraction of sp³-hybridized carbons (Fsp3) is 0.360. The number of aromatic amines is 1. The first kappa shape index (κ1) is 21.3. The number of aryl methyl sites for hydroxylation is 1. The molecule has 1 fully saturated rings. The van der Waals surface area contributed by atoms with Crippen molar-refractivity contribution in [2.45, 2.75) is 26.3 Å². The predicted octanol–water partition coefficient (Wildman–Crippen LogP) is 3.70. The van der Waals surface area contributed by atoms with Gasteiger partial charge in [-0.3, -0.25) is 4.79 Å². The molecular weight excluding hydrogens is 420 g/mol. The van der Waals surface area contributed by atoms with Gasteiger partial charge in [0, 0.05) is 35.8 Å². The van der Waals surface area contributed by atoms with Gasteiger partial charge in [-0.05, 0) is 57.1 Å². The molecule has 1 aromatic heterocycles. The number of benzene rings is 2. The van der Waals surface area contributed by atoms with Crippen molar-refractivity contribution >= 4 is 22.6 Å². The molecule has 33 heavy (non-hydrogen) atoms. The Bertz CT molecular complexity index is 1220. The van der Waals surface area contributed by atoms with Crippen LogP contribution in [0.15, 0.2) is 47.3 Å². The Kier molecular flexibility index (Phi) is 5.92. The van der Waals surface area contributed by atoms with Crippen LogP contribution in [-0.4, -0.2) is 53.8 Å². The zero-order valence-corrected chi connectivity index (χ0v) is 18.7. The van der Waals surface area contributed by atoms with Crippen LogP contribution in [-0.2, 0) is 6.54 Å². The molecule has 3 heterocycles. The summed E-state index contributed by atoms with van der Waals surface area (Å²) in [6, 6.07) is 12.9. The van der Waals surface area contributed by atoms with Crippen molar-refractivity contribution in [3.05, 3.63) is 63.9 Å². The highest BCUT2D eigenvalue weighted by Crippen LogP contribution is 2.35. The number of ether oxygens (including phenoxy) is 2. The van der Waals surface area contributed by atoms with Gasteiger partial charge in [-0.15, -0.1) is 0 Å². The number of rotatable bonds is 6. The Morgan fingerprint density at radius 2 is 1.82 bits per heavy atom. The average Bonchev–Trinajstić information content (AvgIpc) is 3.48. The lowest BCUT2D eigenvalue weighted by Gasteiger charge is -2.26. The zero-order chi connectivity index (χ0) is 22.8. The third kappa shape index (κ3) is 4.80. The lowest BCUT2D eigenvalue weighted by atomic mass is 10.1. The maximum absolute atomic E-state index is 13.2. The van der Waals surface area contributed by atoms with Crippen LogP contribution in [0.25, 0.3) is 10.9 Å². The molecule has 0 bridgehead atoms. The number of likely N-dealkylation sites (tertiary alicyclic amines) is 1. The average molecular weight is 449 g/mol. The predicted molar refractivity (Wildman–Crippen MR) is 127 cm³/mol. The molecule has 2 aliphatic rings. The van der Waals surface area contributed by atoms with E-state index in [4.69, 9.17) is 9.47 Å². The van der Waals surface area contributed by atoms with Crippen LogP contribution in [0.3, 0.4) is 0 Å². The Labute approximate surface area is 192 Å². The van der Waals surface area contributed by atoms with Crippen molar-refractivity contribution in [1.29, 1.82) is 0 Å². The van der Waals surface area contributed by atoms with Crippen molar-refractivity contribution in [3.63, 3.8) is 0 Å². The molecule has 1 saturated heterocycles. The summed E-state index contributed by atoms with van der Waals surface area (Å²) < 4.78 is 10.9. The van der Waals surface area contributed by atoms with Crippen molar-refractivity contribution in [3.8, 4) is 11.5 Å². The van der Waals surface area contributed by atoms with Crippen molar-refractivity contribution < 1.29 is 14.3 Å². The van der Waals surface area contributed by atoms with Crippen LogP contribution in [0, 0.1) is 6.92 Å². The number of pyridine rings is 1. The van der Waals surface area contributed by atoms with Gasteiger partial charge in [0.1, 0.15) is 0 Å². The van der Waals surface area contributed by atoms with Crippen LogP contribution < -0.4 is 20.3 Å². The minimum Gasteiger partial charge on any atom is -0.454 e. The molecule has 2 N–H and O–H groups in total. The lowest BCUT2D eigenvalue weighted by Crippen LogP contribution is -2.41. The van der Waals surface area contributed by atoms with Crippen LogP contribution in [0.2, 0.25) is 0 Å². The summed E-state index contributed by atoms with van der Waals surface area (Å²) in [7, 11) is 0. The fourth-order valence-corrected chi connectivity index (χ4v) is 4.32. The van der Waals surface area contributed by atoms with E-state index >= 15 is 0 Å². The Morgan fingerprint density at radius 3 is 2.58 bits per heavy atom. The highest BCUT2D eigenvalue weighted by molar-refractivity contribution is 5.89. The molecular formula is C25H28N4O4. The first-order valence-electron chi connectivity index (χ1n) is 11.4. The van der Waals surface area contributed by atoms with E-state index in [1.165, 1.54) is 12.8 Å². The summed E-state index contributed by atoms with van der Waals surface area (Å²) in [5.74, 6) is 1.28. The number of carbonyl (C=O) groups excluding carboxylic acids is 1. The van der Waals surface area contributed by atoms with Gasteiger partial charge in [-0.2, -0.15) is 0 Å². The molecule has 2 aliphatic heterocycles. The van der Waals surface area contributed by atoms with Gasteiger partial charge in [0.2, 0.25) is 6.79 Å². The maximum atomic E-state index is 13.2. The largest absolute Gasteiger partial charge is 0.454 e. The molecule has 172 valence electrons. The number of hydrogen-bond donors (Lipinski definition) is 2. The third-order valence-electron chi connectivity index (χ3n) is 6.25. The highest BCUT2D eigenvalue weighted by Gasteiger charge is 2.20. The summed E-state index contributed by atoms with van der Waals surface area (Å²) in [4.78, 5) is 33.0. The molecule has 2 amide bonds. The number of nitrogens with zero attached hydrogens (tertiary/aromatic N) is 2. The van der Waals surface area contributed by atoms with Gasteiger partial charge < -0.3 is 29.6 Å². The van der Waals surface area contributed by atoms with Crippen LogP contribution in [0.4, 0.5) is 10.5 Å². The van der Waals surface area contributed by atoms with E-state index in [0.717, 1.165) is 36.3 Å². The van der Waals surface area contributed by atoms with Crippen molar-refractivity contribution in [2.24, 2.45) is 0 Å². The van der Waals surface area contributed by atoms with E-state index < -0.39 is 0 Å². The summed E-state index contributed by atoms with van der Waals surface area (Å²) >= 11 is 0. The second-order valence-electron chi connectivity index (χ2n) is 8.68. The van der Waals surface area contributed by atoms with Crippen LogP contribution >= 0.6 is 0 Å². The van der Waals surface area contributed by atoms with Crippen LogP contribution in [0.1, 0.15) is 24.0 Å². The molecule has 8 heteroatoms. The standard InChI is InChI=1S/C25H28N4O4/c1-17-4-6-20(7-5-17)26-25(31)29(11-10-28-8-2-3-9-28)15-19-12-18-13-22-23(33-16-32-22)14-21(18)27-24(19)30/h4-7,12-14H,2-3,8-11,15-16H2,1H3,(H,26,31)(H,27,30). The third-order valence-corrected chi connectivity index (χ3v) is 6.25.